The third-order valence-electron chi connectivity index (χ3n) is 6.23. The second-order valence-corrected chi connectivity index (χ2v) is 11.5. The van der Waals surface area contributed by atoms with E-state index in [2.05, 4.69) is 5.32 Å². The molecule has 3 aromatic carbocycles. The summed E-state index contributed by atoms with van der Waals surface area (Å²) in [6.45, 7) is 5.47. The summed E-state index contributed by atoms with van der Waals surface area (Å²) < 4.78 is 42.3. The standard InChI is InChI=1S/C29H33ClFN3O4S/c1-4-5-16-32-29(36)22(3)33(19-23-11-9-10-21(2)17-23)28(35)20-34(24-14-15-27(31)26(30)18-24)39(37,38)25-12-7-6-8-13-25/h6-15,17-18,22H,4-5,16,19-20H2,1-3H3,(H,32,36). The molecule has 0 aliphatic heterocycles. The molecule has 0 saturated heterocycles. The van der Waals surface area contributed by atoms with Crippen LogP contribution in [0.1, 0.15) is 37.8 Å². The Hall–Kier alpha value is -3.43. The number of rotatable bonds is 12. The average Bonchev–Trinajstić information content (AvgIpc) is 2.92. The van der Waals surface area contributed by atoms with Gasteiger partial charge in [-0.3, -0.25) is 13.9 Å². The zero-order chi connectivity index (χ0) is 28.6. The van der Waals surface area contributed by atoms with Gasteiger partial charge in [0.15, 0.2) is 0 Å². The lowest BCUT2D eigenvalue weighted by atomic mass is 10.1. The van der Waals surface area contributed by atoms with E-state index >= 15 is 0 Å². The van der Waals surface area contributed by atoms with Gasteiger partial charge in [-0.2, -0.15) is 0 Å². The SMILES string of the molecule is CCCCNC(=O)C(C)N(Cc1cccc(C)c1)C(=O)CN(c1ccc(F)c(Cl)c1)S(=O)(=O)c1ccccc1. The van der Waals surface area contributed by atoms with Gasteiger partial charge >= 0.3 is 0 Å². The monoisotopic (exact) mass is 573 g/mol. The minimum atomic E-state index is -4.25. The average molecular weight is 574 g/mol. The van der Waals surface area contributed by atoms with Crippen molar-refractivity contribution >= 4 is 39.1 Å². The molecule has 0 radical (unpaired) electrons. The van der Waals surface area contributed by atoms with Gasteiger partial charge in [0.25, 0.3) is 10.0 Å². The first kappa shape index (κ1) is 30.1. The molecule has 0 aromatic heterocycles. The minimum absolute atomic E-state index is 0.0224. The number of amides is 2. The van der Waals surface area contributed by atoms with Crippen molar-refractivity contribution in [3.63, 3.8) is 0 Å². The number of anilines is 1. The van der Waals surface area contributed by atoms with Crippen LogP contribution in [-0.2, 0) is 26.2 Å². The van der Waals surface area contributed by atoms with Crippen LogP contribution in [0.3, 0.4) is 0 Å². The molecule has 1 N–H and O–H groups in total. The van der Waals surface area contributed by atoms with Gasteiger partial charge in [-0.25, -0.2) is 12.8 Å². The van der Waals surface area contributed by atoms with Crippen LogP contribution in [0.25, 0.3) is 0 Å². The van der Waals surface area contributed by atoms with E-state index in [0.29, 0.717) is 6.54 Å². The fraction of sp³-hybridized carbons (Fsp3) is 0.310. The summed E-state index contributed by atoms with van der Waals surface area (Å²) in [7, 11) is -4.25. The summed E-state index contributed by atoms with van der Waals surface area (Å²) in [6.07, 6.45) is 1.69. The number of carbonyl (C=O) groups is 2. The van der Waals surface area contributed by atoms with Gasteiger partial charge in [0.2, 0.25) is 11.8 Å². The second-order valence-electron chi connectivity index (χ2n) is 9.25. The van der Waals surface area contributed by atoms with E-state index in [-0.39, 0.29) is 28.1 Å². The third kappa shape index (κ3) is 7.80. The first-order valence-electron chi connectivity index (χ1n) is 12.7. The summed E-state index contributed by atoms with van der Waals surface area (Å²) in [5, 5.41) is 2.56. The highest BCUT2D eigenvalue weighted by Crippen LogP contribution is 2.28. The highest BCUT2D eigenvalue weighted by atomic mass is 35.5. The van der Waals surface area contributed by atoms with Crippen LogP contribution >= 0.6 is 11.6 Å². The number of benzene rings is 3. The van der Waals surface area contributed by atoms with E-state index in [1.165, 1.54) is 23.1 Å². The normalized spacial score (nSPS) is 12.0. The Kier molecular flexibility index (Phi) is 10.5. The van der Waals surface area contributed by atoms with Crippen molar-refractivity contribution < 1.29 is 22.4 Å². The molecule has 208 valence electrons. The summed E-state index contributed by atoms with van der Waals surface area (Å²) in [4.78, 5) is 28.1. The maximum absolute atomic E-state index is 13.9. The number of unbranched alkanes of at least 4 members (excludes halogenated alkanes) is 1. The van der Waals surface area contributed by atoms with Gasteiger partial charge in [-0.05, 0) is 56.2 Å². The molecule has 0 aliphatic carbocycles. The number of carbonyl (C=O) groups excluding carboxylic acids is 2. The van der Waals surface area contributed by atoms with Gasteiger partial charge in [0.1, 0.15) is 18.4 Å². The number of nitrogens with zero attached hydrogens (tertiary/aromatic N) is 2. The summed E-state index contributed by atoms with van der Waals surface area (Å²) in [5.74, 6) is -1.66. The Morgan fingerprint density at radius 2 is 1.74 bits per heavy atom. The Morgan fingerprint density at radius 3 is 2.38 bits per heavy atom. The summed E-state index contributed by atoms with van der Waals surface area (Å²) in [5.41, 5.74) is 1.79. The number of aryl methyl sites for hydroxylation is 1. The van der Waals surface area contributed by atoms with E-state index in [9.17, 15) is 22.4 Å². The van der Waals surface area contributed by atoms with Gasteiger partial charge in [-0.1, -0.05) is 73.0 Å². The molecule has 10 heteroatoms. The fourth-order valence-electron chi connectivity index (χ4n) is 4.01. The lowest BCUT2D eigenvalue weighted by Gasteiger charge is -2.32. The summed E-state index contributed by atoms with van der Waals surface area (Å²) >= 11 is 5.98. The Morgan fingerprint density at radius 1 is 1.03 bits per heavy atom. The van der Waals surface area contributed by atoms with Gasteiger partial charge < -0.3 is 10.2 Å². The molecule has 2 amide bonds. The largest absolute Gasteiger partial charge is 0.354 e. The summed E-state index contributed by atoms with van der Waals surface area (Å²) in [6, 6.07) is 17.7. The quantitative estimate of drug-likeness (QED) is 0.297. The maximum Gasteiger partial charge on any atom is 0.264 e. The zero-order valence-corrected chi connectivity index (χ0v) is 23.8. The highest BCUT2D eigenvalue weighted by molar-refractivity contribution is 7.92. The lowest BCUT2D eigenvalue weighted by Crippen LogP contribution is -2.51. The van der Waals surface area contributed by atoms with Gasteiger partial charge in [0, 0.05) is 13.1 Å². The van der Waals surface area contributed by atoms with Crippen molar-refractivity contribution in [1.82, 2.24) is 10.2 Å². The predicted molar refractivity (Wildman–Crippen MR) is 151 cm³/mol. The third-order valence-corrected chi connectivity index (χ3v) is 8.31. The number of nitrogens with one attached hydrogen (secondary N) is 1. The Labute approximate surface area is 234 Å². The molecule has 3 aromatic rings. The van der Waals surface area contributed by atoms with Crippen molar-refractivity contribution in [2.75, 3.05) is 17.4 Å². The zero-order valence-electron chi connectivity index (χ0n) is 22.2. The van der Waals surface area contributed by atoms with Crippen molar-refractivity contribution in [3.05, 3.63) is 94.8 Å². The number of sulfonamides is 1. The molecular weight excluding hydrogens is 541 g/mol. The molecule has 0 bridgehead atoms. The minimum Gasteiger partial charge on any atom is -0.354 e. The fourth-order valence-corrected chi connectivity index (χ4v) is 5.62. The predicted octanol–water partition coefficient (Wildman–Crippen LogP) is 5.32. The van der Waals surface area contributed by atoms with Crippen LogP contribution in [0.5, 0.6) is 0 Å². The van der Waals surface area contributed by atoms with Crippen LogP contribution in [0.4, 0.5) is 10.1 Å². The van der Waals surface area contributed by atoms with Crippen molar-refractivity contribution in [1.29, 1.82) is 0 Å². The van der Waals surface area contributed by atoms with Crippen molar-refractivity contribution in [2.24, 2.45) is 0 Å². The van der Waals surface area contributed by atoms with Crippen LogP contribution in [0.2, 0.25) is 5.02 Å². The van der Waals surface area contributed by atoms with Gasteiger partial charge in [-0.15, -0.1) is 0 Å². The van der Waals surface area contributed by atoms with Gasteiger partial charge in [0.05, 0.1) is 15.6 Å². The topological polar surface area (TPSA) is 86.8 Å². The van der Waals surface area contributed by atoms with Crippen LogP contribution in [0, 0.1) is 12.7 Å². The highest BCUT2D eigenvalue weighted by Gasteiger charge is 2.32. The molecule has 39 heavy (non-hydrogen) atoms. The van der Waals surface area contributed by atoms with Crippen LogP contribution in [0.15, 0.2) is 77.7 Å². The molecule has 3 rings (SSSR count). The first-order valence-corrected chi connectivity index (χ1v) is 14.5. The molecule has 0 aliphatic rings. The second kappa shape index (κ2) is 13.6. The van der Waals surface area contributed by atoms with E-state index in [1.807, 2.05) is 38.1 Å². The lowest BCUT2D eigenvalue weighted by molar-refractivity contribution is -0.139. The smallest absolute Gasteiger partial charge is 0.264 e. The van der Waals surface area contributed by atoms with Crippen LogP contribution < -0.4 is 9.62 Å². The van der Waals surface area contributed by atoms with E-state index < -0.39 is 34.3 Å². The van der Waals surface area contributed by atoms with E-state index in [4.69, 9.17) is 11.6 Å². The number of halogens is 2. The van der Waals surface area contributed by atoms with Crippen molar-refractivity contribution in [3.8, 4) is 0 Å². The van der Waals surface area contributed by atoms with E-state index in [0.717, 1.165) is 40.4 Å². The molecule has 0 saturated carbocycles. The Balaban J connectivity index is 2.01. The first-order chi connectivity index (χ1) is 18.5. The number of hydrogen-bond acceptors (Lipinski definition) is 4. The molecular formula is C29H33ClFN3O4S. The molecule has 1 unspecified atom stereocenters. The maximum atomic E-state index is 13.9. The van der Waals surface area contributed by atoms with E-state index in [1.54, 1.807) is 25.1 Å². The molecule has 0 heterocycles. The molecule has 7 nitrogen and oxygen atoms in total. The number of hydrogen-bond donors (Lipinski definition) is 1. The molecule has 0 spiro atoms. The van der Waals surface area contributed by atoms with Crippen LogP contribution in [-0.4, -0.2) is 44.3 Å². The van der Waals surface area contributed by atoms with Crippen molar-refractivity contribution in [2.45, 2.75) is 51.1 Å². The molecule has 1 atom stereocenters. The molecule has 0 fully saturated rings. The Bertz CT molecular complexity index is 1400.